The van der Waals surface area contributed by atoms with Crippen molar-refractivity contribution in [1.29, 1.82) is 0 Å². The van der Waals surface area contributed by atoms with Gasteiger partial charge < -0.3 is 20.4 Å². The number of nitrogens with zero attached hydrogens (tertiary/aromatic N) is 3. The summed E-state index contributed by atoms with van der Waals surface area (Å²) >= 11 is 3.38. The lowest BCUT2D eigenvalue weighted by atomic mass is 10.0. The van der Waals surface area contributed by atoms with Gasteiger partial charge in [-0.3, -0.25) is 9.59 Å². The van der Waals surface area contributed by atoms with Crippen LogP contribution < -0.4 is 15.5 Å². The molecule has 0 spiro atoms. The van der Waals surface area contributed by atoms with Gasteiger partial charge in [0.15, 0.2) is 0 Å². The van der Waals surface area contributed by atoms with Crippen molar-refractivity contribution in [2.75, 3.05) is 43.4 Å². The SMILES string of the molecule is CC(C)[C@H](NC(=O)c1ccccc1Br)C(=O)Nc1ccc(N2CCN(C)CC2)nc1. The Morgan fingerprint density at radius 2 is 1.77 bits per heavy atom. The Kier molecular flexibility index (Phi) is 7.44. The number of anilines is 2. The zero-order valence-corrected chi connectivity index (χ0v) is 19.1. The van der Waals surface area contributed by atoms with Crippen LogP contribution in [-0.4, -0.2) is 61.0 Å². The van der Waals surface area contributed by atoms with Gasteiger partial charge in [0.1, 0.15) is 11.9 Å². The standard InChI is InChI=1S/C22H28BrN5O2/c1-15(2)20(26-21(29)17-6-4-5-7-18(17)23)22(30)25-16-8-9-19(24-14-16)28-12-10-27(3)11-13-28/h4-9,14-15,20H,10-13H2,1-3H3,(H,25,30)(H,26,29)/t20-/m0/s1. The van der Waals surface area contributed by atoms with E-state index in [9.17, 15) is 9.59 Å². The number of rotatable bonds is 6. The number of halogens is 1. The van der Waals surface area contributed by atoms with Crippen LogP contribution in [0.4, 0.5) is 11.5 Å². The van der Waals surface area contributed by atoms with Gasteiger partial charge in [-0.25, -0.2) is 4.98 Å². The normalized spacial score (nSPS) is 15.7. The van der Waals surface area contributed by atoms with Crippen molar-refractivity contribution in [3.8, 4) is 0 Å². The van der Waals surface area contributed by atoms with E-state index in [1.807, 2.05) is 32.0 Å². The molecule has 1 aromatic carbocycles. The minimum Gasteiger partial charge on any atom is -0.354 e. The third-order valence-corrected chi connectivity index (χ3v) is 5.89. The fraction of sp³-hybridized carbons (Fsp3) is 0.409. The third kappa shape index (κ3) is 5.58. The van der Waals surface area contributed by atoms with Crippen molar-refractivity contribution in [1.82, 2.24) is 15.2 Å². The highest BCUT2D eigenvalue weighted by Crippen LogP contribution is 2.18. The highest BCUT2D eigenvalue weighted by molar-refractivity contribution is 9.10. The van der Waals surface area contributed by atoms with E-state index >= 15 is 0 Å². The summed E-state index contributed by atoms with van der Waals surface area (Å²) in [4.78, 5) is 34.5. The van der Waals surface area contributed by atoms with E-state index < -0.39 is 6.04 Å². The van der Waals surface area contributed by atoms with Crippen molar-refractivity contribution >= 4 is 39.2 Å². The van der Waals surface area contributed by atoms with E-state index in [1.54, 1.807) is 24.4 Å². The number of amides is 2. The number of hydrogen-bond acceptors (Lipinski definition) is 5. The lowest BCUT2D eigenvalue weighted by Gasteiger charge is -2.33. The molecular formula is C22H28BrN5O2. The quantitative estimate of drug-likeness (QED) is 0.674. The number of benzene rings is 1. The van der Waals surface area contributed by atoms with Crippen molar-refractivity contribution in [2.45, 2.75) is 19.9 Å². The molecule has 1 atom stereocenters. The van der Waals surface area contributed by atoms with Crippen LogP contribution >= 0.6 is 15.9 Å². The average Bonchev–Trinajstić information content (AvgIpc) is 2.73. The first-order chi connectivity index (χ1) is 14.3. The Hall–Kier alpha value is -2.45. The molecule has 160 valence electrons. The number of aromatic nitrogens is 1. The first kappa shape index (κ1) is 22.2. The molecule has 0 bridgehead atoms. The summed E-state index contributed by atoms with van der Waals surface area (Å²) in [6.07, 6.45) is 1.67. The summed E-state index contributed by atoms with van der Waals surface area (Å²) in [7, 11) is 2.11. The molecule has 1 aromatic heterocycles. The van der Waals surface area contributed by atoms with E-state index in [0.29, 0.717) is 15.7 Å². The zero-order chi connectivity index (χ0) is 21.7. The first-order valence-corrected chi connectivity index (χ1v) is 10.9. The second kappa shape index (κ2) is 10.0. The molecule has 0 unspecified atom stereocenters. The number of carbonyl (C=O) groups excluding carboxylic acids is 2. The minimum atomic E-state index is -0.665. The van der Waals surface area contributed by atoms with Gasteiger partial charge in [0.2, 0.25) is 5.91 Å². The van der Waals surface area contributed by atoms with Crippen molar-refractivity contribution in [3.05, 3.63) is 52.6 Å². The predicted octanol–water partition coefficient (Wildman–Crippen LogP) is 2.99. The summed E-state index contributed by atoms with van der Waals surface area (Å²) in [6.45, 7) is 7.69. The number of pyridine rings is 1. The summed E-state index contributed by atoms with van der Waals surface area (Å²) < 4.78 is 0.689. The summed E-state index contributed by atoms with van der Waals surface area (Å²) in [6, 6.07) is 10.3. The predicted molar refractivity (Wildman–Crippen MR) is 123 cm³/mol. The molecule has 2 aromatic rings. The number of hydrogen-bond donors (Lipinski definition) is 2. The van der Waals surface area contributed by atoms with Gasteiger partial charge in [0, 0.05) is 30.7 Å². The van der Waals surface area contributed by atoms with E-state index in [4.69, 9.17) is 0 Å². The van der Waals surface area contributed by atoms with Gasteiger partial charge in [-0.15, -0.1) is 0 Å². The van der Waals surface area contributed by atoms with Gasteiger partial charge in [-0.2, -0.15) is 0 Å². The maximum Gasteiger partial charge on any atom is 0.253 e. The van der Waals surface area contributed by atoms with E-state index in [0.717, 1.165) is 32.0 Å². The largest absolute Gasteiger partial charge is 0.354 e. The van der Waals surface area contributed by atoms with Crippen LogP contribution in [0.1, 0.15) is 24.2 Å². The third-order valence-electron chi connectivity index (χ3n) is 5.20. The van der Waals surface area contributed by atoms with Crippen LogP contribution in [0.2, 0.25) is 0 Å². The fourth-order valence-corrected chi connectivity index (χ4v) is 3.77. The average molecular weight is 474 g/mol. The maximum absolute atomic E-state index is 12.8. The van der Waals surface area contributed by atoms with Crippen LogP contribution in [0.15, 0.2) is 47.1 Å². The van der Waals surface area contributed by atoms with Crippen LogP contribution in [0.3, 0.4) is 0 Å². The molecule has 30 heavy (non-hydrogen) atoms. The van der Waals surface area contributed by atoms with Crippen LogP contribution in [0.5, 0.6) is 0 Å². The summed E-state index contributed by atoms with van der Waals surface area (Å²) in [5.41, 5.74) is 1.10. The molecule has 0 aliphatic carbocycles. The van der Waals surface area contributed by atoms with Gasteiger partial charge in [0.05, 0.1) is 17.4 Å². The minimum absolute atomic E-state index is 0.0750. The molecule has 1 aliphatic heterocycles. The lowest BCUT2D eigenvalue weighted by molar-refractivity contribution is -0.118. The van der Waals surface area contributed by atoms with Crippen LogP contribution in [0, 0.1) is 5.92 Å². The highest BCUT2D eigenvalue weighted by Gasteiger charge is 2.25. The highest BCUT2D eigenvalue weighted by atomic mass is 79.9. The van der Waals surface area contributed by atoms with Crippen molar-refractivity contribution in [2.24, 2.45) is 5.92 Å². The number of piperazine rings is 1. The molecule has 0 saturated carbocycles. The van der Waals surface area contributed by atoms with Crippen LogP contribution in [0.25, 0.3) is 0 Å². The Morgan fingerprint density at radius 1 is 1.07 bits per heavy atom. The second-order valence-electron chi connectivity index (χ2n) is 7.86. The van der Waals surface area contributed by atoms with Crippen molar-refractivity contribution < 1.29 is 9.59 Å². The van der Waals surface area contributed by atoms with E-state index in [1.165, 1.54) is 0 Å². The monoisotopic (exact) mass is 473 g/mol. The summed E-state index contributed by atoms with van der Waals surface area (Å²) in [5, 5.41) is 5.72. The topological polar surface area (TPSA) is 77.6 Å². The van der Waals surface area contributed by atoms with Crippen molar-refractivity contribution in [3.63, 3.8) is 0 Å². The molecule has 3 rings (SSSR count). The van der Waals surface area contributed by atoms with Gasteiger partial charge >= 0.3 is 0 Å². The Balaban J connectivity index is 1.63. The number of carbonyl (C=O) groups is 2. The molecule has 1 saturated heterocycles. The molecule has 1 fully saturated rings. The molecule has 1 aliphatic rings. The molecular weight excluding hydrogens is 446 g/mol. The first-order valence-electron chi connectivity index (χ1n) is 10.1. The molecule has 2 N–H and O–H groups in total. The molecule has 2 amide bonds. The second-order valence-corrected chi connectivity index (χ2v) is 8.71. The Labute approximate surface area is 186 Å². The molecule has 0 radical (unpaired) electrons. The summed E-state index contributed by atoms with van der Waals surface area (Å²) in [5.74, 6) is 0.275. The maximum atomic E-state index is 12.8. The van der Waals surface area contributed by atoms with E-state index in [-0.39, 0.29) is 17.7 Å². The zero-order valence-electron chi connectivity index (χ0n) is 17.6. The van der Waals surface area contributed by atoms with Gasteiger partial charge in [0.25, 0.3) is 5.91 Å². The smallest absolute Gasteiger partial charge is 0.253 e. The Morgan fingerprint density at radius 3 is 2.37 bits per heavy atom. The van der Waals surface area contributed by atoms with Gasteiger partial charge in [-0.1, -0.05) is 26.0 Å². The fourth-order valence-electron chi connectivity index (χ4n) is 3.30. The van der Waals surface area contributed by atoms with E-state index in [2.05, 4.69) is 48.4 Å². The molecule has 2 heterocycles. The molecule has 7 nitrogen and oxygen atoms in total. The van der Waals surface area contributed by atoms with Gasteiger partial charge in [-0.05, 0) is 53.2 Å². The number of likely N-dealkylation sites (N-methyl/N-ethyl adjacent to an activating group) is 1. The number of nitrogens with one attached hydrogen (secondary N) is 2. The van der Waals surface area contributed by atoms with Crippen LogP contribution in [-0.2, 0) is 4.79 Å². The Bertz CT molecular complexity index is 879. The molecule has 8 heteroatoms. The lowest BCUT2D eigenvalue weighted by Crippen LogP contribution is -2.47.